The summed E-state index contributed by atoms with van der Waals surface area (Å²) in [5, 5.41) is 2.73. The Morgan fingerprint density at radius 1 is 1.03 bits per heavy atom. The van der Waals surface area contributed by atoms with Crippen LogP contribution in [0.15, 0.2) is 71.6 Å². The van der Waals surface area contributed by atoms with E-state index < -0.39 is 28.3 Å². The van der Waals surface area contributed by atoms with Gasteiger partial charge in [-0.15, -0.1) is 0 Å². The number of sulfonamides is 1. The summed E-state index contributed by atoms with van der Waals surface area (Å²) in [6.45, 7) is 3.85. The predicted molar refractivity (Wildman–Crippen MR) is 134 cm³/mol. The van der Waals surface area contributed by atoms with Crippen molar-refractivity contribution in [1.82, 2.24) is 0 Å². The van der Waals surface area contributed by atoms with E-state index in [-0.39, 0.29) is 16.5 Å². The molecule has 0 atom stereocenters. The van der Waals surface area contributed by atoms with Crippen molar-refractivity contribution < 1.29 is 22.4 Å². The molecule has 7 nitrogen and oxygen atoms in total. The van der Waals surface area contributed by atoms with E-state index in [0.29, 0.717) is 18.7 Å². The van der Waals surface area contributed by atoms with Crippen LogP contribution in [0.3, 0.4) is 0 Å². The number of benzene rings is 3. The molecule has 9 heteroatoms. The number of carbonyl (C=O) groups is 2. The Morgan fingerprint density at radius 3 is 2.31 bits per heavy atom. The Balaban J connectivity index is 1.58. The number of nitrogens with one attached hydrogen (secondary N) is 1. The molecule has 0 aliphatic carbocycles. The summed E-state index contributed by atoms with van der Waals surface area (Å²) in [5.41, 5.74) is 3.15. The maximum Gasteiger partial charge on any atom is 0.264 e. The van der Waals surface area contributed by atoms with E-state index in [1.54, 1.807) is 35.2 Å². The molecule has 0 spiro atoms. The number of nitrogens with zero attached hydrogens (tertiary/aromatic N) is 2. The molecule has 182 valence electrons. The number of halogens is 1. The fraction of sp³-hybridized carbons (Fsp3) is 0.231. The molecule has 35 heavy (non-hydrogen) atoms. The number of anilines is 3. The van der Waals surface area contributed by atoms with E-state index in [2.05, 4.69) is 5.32 Å². The highest BCUT2D eigenvalue weighted by Gasteiger charge is 2.28. The molecule has 1 heterocycles. The highest BCUT2D eigenvalue weighted by Crippen LogP contribution is 2.28. The maximum absolute atomic E-state index is 13.5. The SMILES string of the molecule is Cc1ccc(S(=O)(=O)N(CC(=O)Nc2ccc(N3CCCC3=O)c(C)c2)c2ccc(F)cc2)cc1. The number of carbonyl (C=O) groups excluding carboxylic acids is 2. The van der Waals surface area contributed by atoms with Crippen LogP contribution in [0.5, 0.6) is 0 Å². The van der Waals surface area contributed by atoms with Crippen molar-refractivity contribution in [1.29, 1.82) is 0 Å². The minimum absolute atomic E-state index is 0.0238. The maximum atomic E-state index is 13.5. The highest BCUT2D eigenvalue weighted by atomic mass is 32.2. The van der Waals surface area contributed by atoms with E-state index in [4.69, 9.17) is 0 Å². The average molecular weight is 496 g/mol. The Hall–Kier alpha value is -3.72. The molecule has 3 aromatic rings. The summed E-state index contributed by atoms with van der Waals surface area (Å²) in [5.74, 6) is -1.01. The van der Waals surface area contributed by atoms with Crippen LogP contribution >= 0.6 is 0 Å². The zero-order valence-electron chi connectivity index (χ0n) is 19.5. The van der Waals surface area contributed by atoms with Crippen molar-refractivity contribution in [3.05, 3.63) is 83.7 Å². The van der Waals surface area contributed by atoms with Gasteiger partial charge in [-0.3, -0.25) is 13.9 Å². The minimum Gasteiger partial charge on any atom is -0.325 e. The van der Waals surface area contributed by atoms with Gasteiger partial charge in [0.1, 0.15) is 12.4 Å². The van der Waals surface area contributed by atoms with Gasteiger partial charge >= 0.3 is 0 Å². The summed E-state index contributed by atoms with van der Waals surface area (Å²) in [6.07, 6.45) is 1.33. The molecule has 1 N–H and O–H groups in total. The van der Waals surface area contributed by atoms with Gasteiger partial charge in [-0.05, 0) is 80.4 Å². The molecule has 1 aliphatic rings. The lowest BCUT2D eigenvalue weighted by Crippen LogP contribution is -2.38. The number of rotatable bonds is 7. The first-order chi connectivity index (χ1) is 16.6. The normalized spacial score (nSPS) is 13.7. The molecule has 0 unspecified atom stereocenters. The van der Waals surface area contributed by atoms with Gasteiger partial charge < -0.3 is 10.2 Å². The second-order valence-electron chi connectivity index (χ2n) is 8.50. The molecule has 1 aliphatic heterocycles. The fourth-order valence-electron chi connectivity index (χ4n) is 4.03. The molecule has 0 saturated carbocycles. The van der Waals surface area contributed by atoms with Gasteiger partial charge in [-0.1, -0.05) is 17.7 Å². The molecular formula is C26H26FN3O4S. The van der Waals surface area contributed by atoms with Gasteiger partial charge in [0.2, 0.25) is 11.8 Å². The Bertz CT molecular complexity index is 1360. The van der Waals surface area contributed by atoms with E-state index >= 15 is 0 Å². The third kappa shape index (κ3) is 5.35. The summed E-state index contributed by atoms with van der Waals surface area (Å²) < 4.78 is 41.3. The number of hydrogen-bond acceptors (Lipinski definition) is 4. The zero-order chi connectivity index (χ0) is 25.2. The van der Waals surface area contributed by atoms with Crippen molar-refractivity contribution in [2.24, 2.45) is 0 Å². The summed E-state index contributed by atoms with van der Waals surface area (Å²) in [7, 11) is -4.10. The number of amides is 2. The first-order valence-electron chi connectivity index (χ1n) is 11.2. The van der Waals surface area contributed by atoms with E-state index in [1.807, 2.05) is 13.8 Å². The van der Waals surface area contributed by atoms with E-state index in [1.165, 1.54) is 24.3 Å². The zero-order valence-corrected chi connectivity index (χ0v) is 20.3. The largest absolute Gasteiger partial charge is 0.325 e. The van der Waals surface area contributed by atoms with Crippen molar-refractivity contribution in [3.63, 3.8) is 0 Å². The van der Waals surface area contributed by atoms with Gasteiger partial charge in [0, 0.05) is 24.3 Å². The molecule has 0 radical (unpaired) electrons. The quantitative estimate of drug-likeness (QED) is 0.526. The van der Waals surface area contributed by atoms with Crippen LogP contribution in [0.4, 0.5) is 21.5 Å². The van der Waals surface area contributed by atoms with Crippen molar-refractivity contribution in [2.75, 3.05) is 27.6 Å². The standard InChI is InChI=1S/C26H26FN3O4S/c1-18-5-12-23(13-6-18)35(33,34)30(22-10-7-20(27)8-11-22)17-25(31)28-21-9-14-24(19(2)16-21)29-15-3-4-26(29)32/h5-14,16H,3-4,15,17H2,1-2H3,(H,28,31). The highest BCUT2D eigenvalue weighted by molar-refractivity contribution is 7.92. The Labute approximate surface area is 204 Å². The molecule has 2 amide bonds. The second kappa shape index (κ2) is 9.87. The molecule has 0 aromatic heterocycles. The van der Waals surface area contributed by atoms with E-state index in [0.717, 1.165) is 39.7 Å². The van der Waals surface area contributed by atoms with Crippen molar-refractivity contribution in [2.45, 2.75) is 31.6 Å². The smallest absolute Gasteiger partial charge is 0.264 e. The topological polar surface area (TPSA) is 86.8 Å². The van der Waals surface area contributed by atoms with Gasteiger partial charge in [-0.25, -0.2) is 12.8 Å². The van der Waals surface area contributed by atoms with Crippen LogP contribution in [0, 0.1) is 19.7 Å². The van der Waals surface area contributed by atoms with Crippen LogP contribution in [0.1, 0.15) is 24.0 Å². The molecular weight excluding hydrogens is 469 g/mol. The van der Waals surface area contributed by atoms with Gasteiger partial charge in [0.15, 0.2) is 0 Å². The van der Waals surface area contributed by atoms with Gasteiger partial charge in [0.05, 0.1) is 10.6 Å². The summed E-state index contributed by atoms with van der Waals surface area (Å²) >= 11 is 0. The second-order valence-corrected chi connectivity index (χ2v) is 10.4. The lowest BCUT2D eigenvalue weighted by Gasteiger charge is -2.24. The third-order valence-corrected chi connectivity index (χ3v) is 7.64. The Morgan fingerprint density at radius 2 is 1.71 bits per heavy atom. The molecule has 1 saturated heterocycles. The minimum atomic E-state index is -4.10. The van der Waals surface area contributed by atoms with Gasteiger partial charge in [-0.2, -0.15) is 0 Å². The van der Waals surface area contributed by atoms with Crippen LogP contribution in [0.2, 0.25) is 0 Å². The van der Waals surface area contributed by atoms with Crippen LogP contribution in [0.25, 0.3) is 0 Å². The summed E-state index contributed by atoms with van der Waals surface area (Å²) in [4.78, 5) is 26.8. The molecule has 3 aromatic carbocycles. The third-order valence-electron chi connectivity index (χ3n) is 5.86. The van der Waals surface area contributed by atoms with E-state index in [9.17, 15) is 22.4 Å². The van der Waals surface area contributed by atoms with Crippen molar-refractivity contribution >= 4 is 38.9 Å². The van der Waals surface area contributed by atoms with Crippen LogP contribution < -0.4 is 14.5 Å². The fourth-order valence-corrected chi connectivity index (χ4v) is 5.45. The molecule has 4 rings (SSSR count). The first-order valence-corrected chi connectivity index (χ1v) is 12.6. The van der Waals surface area contributed by atoms with Crippen molar-refractivity contribution in [3.8, 4) is 0 Å². The van der Waals surface area contributed by atoms with Gasteiger partial charge in [0.25, 0.3) is 10.0 Å². The first kappa shape index (κ1) is 24.4. The van der Waals surface area contributed by atoms with Crippen LogP contribution in [-0.4, -0.2) is 33.3 Å². The number of aryl methyl sites for hydroxylation is 2. The Kier molecular flexibility index (Phi) is 6.88. The number of hydrogen-bond donors (Lipinski definition) is 1. The predicted octanol–water partition coefficient (Wildman–Crippen LogP) is 4.40. The van der Waals surface area contributed by atoms with Crippen LogP contribution in [-0.2, 0) is 19.6 Å². The molecule has 1 fully saturated rings. The lowest BCUT2D eigenvalue weighted by molar-refractivity contribution is -0.117. The summed E-state index contributed by atoms with van der Waals surface area (Å²) in [6, 6.07) is 16.4. The lowest BCUT2D eigenvalue weighted by atomic mass is 10.1. The average Bonchev–Trinajstić information content (AvgIpc) is 3.24. The monoisotopic (exact) mass is 495 g/mol. The molecule has 0 bridgehead atoms.